The standard InChI is InChI=1S/C17H16N2O2/c1-2-6-13(7-3-1)17(16-18-10-11-19-16)12-20-14-8-4-5-9-15(14)21-17/h1-9H,10-12H2,(H,18,19). The number of rotatable bonds is 2. The first-order valence-electron chi connectivity index (χ1n) is 7.14. The molecule has 0 saturated heterocycles. The maximum absolute atomic E-state index is 6.37. The summed E-state index contributed by atoms with van der Waals surface area (Å²) in [5, 5.41) is 3.34. The van der Waals surface area contributed by atoms with Gasteiger partial charge in [-0.25, -0.2) is 0 Å². The number of hydrogen-bond acceptors (Lipinski definition) is 4. The quantitative estimate of drug-likeness (QED) is 0.918. The molecule has 106 valence electrons. The topological polar surface area (TPSA) is 42.9 Å². The molecule has 2 aromatic rings. The second-order valence-corrected chi connectivity index (χ2v) is 5.19. The number of nitrogens with one attached hydrogen (secondary N) is 1. The highest BCUT2D eigenvalue weighted by Gasteiger charge is 2.45. The summed E-state index contributed by atoms with van der Waals surface area (Å²) in [6.07, 6.45) is 0. The van der Waals surface area contributed by atoms with Gasteiger partial charge in [-0.05, 0) is 12.1 Å². The molecule has 21 heavy (non-hydrogen) atoms. The Kier molecular flexibility index (Phi) is 2.81. The summed E-state index contributed by atoms with van der Waals surface area (Å²) in [5.41, 5.74) is 0.360. The van der Waals surface area contributed by atoms with Gasteiger partial charge in [0.2, 0.25) is 5.60 Å². The Labute approximate surface area is 123 Å². The number of aliphatic imine (C=N–C) groups is 1. The van der Waals surface area contributed by atoms with E-state index in [0.29, 0.717) is 6.61 Å². The second kappa shape index (κ2) is 4.81. The average molecular weight is 280 g/mol. The van der Waals surface area contributed by atoms with Crippen LogP contribution in [0.3, 0.4) is 0 Å². The molecule has 0 saturated carbocycles. The lowest BCUT2D eigenvalue weighted by Crippen LogP contribution is -2.53. The summed E-state index contributed by atoms with van der Waals surface area (Å²) in [5.74, 6) is 2.38. The predicted molar refractivity (Wildman–Crippen MR) is 81.0 cm³/mol. The van der Waals surface area contributed by atoms with Crippen molar-refractivity contribution >= 4 is 5.84 Å². The second-order valence-electron chi connectivity index (χ2n) is 5.19. The van der Waals surface area contributed by atoms with Gasteiger partial charge >= 0.3 is 0 Å². The summed E-state index contributed by atoms with van der Waals surface area (Å²) in [7, 11) is 0. The molecule has 0 amide bonds. The molecule has 4 rings (SSSR count). The monoisotopic (exact) mass is 280 g/mol. The summed E-state index contributed by atoms with van der Waals surface area (Å²) in [4.78, 5) is 4.58. The van der Waals surface area contributed by atoms with Crippen molar-refractivity contribution in [3.05, 3.63) is 60.2 Å². The van der Waals surface area contributed by atoms with Crippen molar-refractivity contribution in [1.29, 1.82) is 0 Å². The third-order valence-corrected chi connectivity index (χ3v) is 3.86. The summed E-state index contributed by atoms with van der Waals surface area (Å²) >= 11 is 0. The highest BCUT2D eigenvalue weighted by Crippen LogP contribution is 2.40. The lowest BCUT2D eigenvalue weighted by Gasteiger charge is -2.38. The van der Waals surface area contributed by atoms with Crippen molar-refractivity contribution in [2.24, 2.45) is 4.99 Å². The maximum atomic E-state index is 6.37. The first-order chi connectivity index (χ1) is 10.4. The van der Waals surface area contributed by atoms with Gasteiger partial charge in [0.05, 0.1) is 6.54 Å². The molecule has 0 radical (unpaired) electrons. The van der Waals surface area contributed by atoms with Crippen LogP contribution in [0.25, 0.3) is 0 Å². The largest absolute Gasteiger partial charge is 0.485 e. The van der Waals surface area contributed by atoms with Crippen LogP contribution in [-0.2, 0) is 5.60 Å². The number of benzene rings is 2. The Balaban J connectivity index is 1.83. The van der Waals surface area contributed by atoms with Crippen molar-refractivity contribution in [3.63, 3.8) is 0 Å². The van der Waals surface area contributed by atoms with Gasteiger partial charge in [-0.15, -0.1) is 0 Å². The van der Waals surface area contributed by atoms with Crippen molar-refractivity contribution in [1.82, 2.24) is 5.32 Å². The highest BCUT2D eigenvalue weighted by atomic mass is 16.6. The zero-order chi connectivity index (χ0) is 14.1. The molecule has 1 N–H and O–H groups in total. The van der Waals surface area contributed by atoms with E-state index in [-0.39, 0.29) is 0 Å². The minimum absolute atomic E-state index is 0.417. The fourth-order valence-corrected chi connectivity index (χ4v) is 2.82. The third kappa shape index (κ3) is 1.95. The van der Waals surface area contributed by atoms with Gasteiger partial charge in [-0.1, -0.05) is 42.5 Å². The van der Waals surface area contributed by atoms with Gasteiger partial charge in [-0.2, -0.15) is 0 Å². The molecule has 0 fully saturated rings. The highest BCUT2D eigenvalue weighted by molar-refractivity contribution is 5.93. The first kappa shape index (κ1) is 12.3. The minimum Gasteiger partial charge on any atom is -0.485 e. The Morgan fingerprint density at radius 3 is 2.48 bits per heavy atom. The molecule has 2 aliphatic heterocycles. The van der Waals surface area contributed by atoms with E-state index in [1.807, 2.05) is 42.5 Å². The number of fused-ring (bicyclic) bond motifs is 1. The van der Waals surface area contributed by atoms with Crippen LogP contribution in [-0.4, -0.2) is 25.5 Å². The molecule has 2 aromatic carbocycles. The normalized spacial score (nSPS) is 23.3. The van der Waals surface area contributed by atoms with E-state index in [1.165, 1.54) is 0 Å². The van der Waals surface area contributed by atoms with Gasteiger partial charge in [-0.3, -0.25) is 4.99 Å². The number of ether oxygens (including phenoxy) is 2. The number of para-hydroxylation sites is 2. The van der Waals surface area contributed by atoms with E-state index < -0.39 is 5.60 Å². The van der Waals surface area contributed by atoms with Gasteiger partial charge < -0.3 is 14.8 Å². The van der Waals surface area contributed by atoms with Gasteiger partial charge in [0.15, 0.2) is 11.5 Å². The van der Waals surface area contributed by atoms with E-state index in [0.717, 1.165) is 36.0 Å². The third-order valence-electron chi connectivity index (χ3n) is 3.86. The smallest absolute Gasteiger partial charge is 0.224 e. The van der Waals surface area contributed by atoms with Gasteiger partial charge in [0.1, 0.15) is 12.4 Å². The Morgan fingerprint density at radius 1 is 0.952 bits per heavy atom. The van der Waals surface area contributed by atoms with Crippen molar-refractivity contribution < 1.29 is 9.47 Å². The molecule has 0 aliphatic carbocycles. The molecule has 2 aliphatic rings. The fourth-order valence-electron chi connectivity index (χ4n) is 2.82. The van der Waals surface area contributed by atoms with Crippen molar-refractivity contribution in [3.8, 4) is 11.5 Å². The SMILES string of the molecule is c1ccc(C2(C3=NCCN3)COc3ccccc3O2)cc1. The Hall–Kier alpha value is -2.49. The van der Waals surface area contributed by atoms with E-state index in [4.69, 9.17) is 9.47 Å². The van der Waals surface area contributed by atoms with Crippen LogP contribution < -0.4 is 14.8 Å². The van der Waals surface area contributed by atoms with Gasteiger partial charge in [0, 0.05) is 12.1 Å². The van der Waals surface area contributed by atoms with Crippen molar-refractivity contribution in [2.75, 3.05) is 19.7 Å². The molecule has 0 bridgehead atoms. The Bertz CT molecular complexity index is 684. The summed E-state index contributed by atoms with van der Waals surface area (Å²) < 4.78 is 12.3. The van der Waals surface area contributed by atoms with E-state index in [2.05, 4.69) is 22.4 Å². The summed E-state index contributed by atoms with van der Waals surface area (Å²) in [6.45, 7) is 2.03. The summed E-state index contributed by atoms with van der Waals surface area (Å²) in [6, 6.07) is 17.9. The molecule has 4 nitrogen and oxygen atoms in total. The molecule has 4 heteroatoms. The zero-order valence-electron chi connectivity index (χ0n) is 11.6. The van der Waals surface area contributed by atoms with Crippen molar-refractivity contribution in [2.45, 2.75) is 5.60 Å². The number of amidine groups is 1. The van der Waals surface area contributed by atoms with Crippen LogP contribution >= 0.6 is 0 Å². The molecular formula is C17H16N2O2. The van der Waals surface area contributed by atoms with Gasteiger partial charge in [0.25, 0.3) is 0 Å². The minimum atomic E-state index is -0.688. The Morgan fingerprint density at radius 2 is 1.71 bits per heavy atom. The van der Waals surface area contributed by atoms with E-state index in [1.54, 1.807) is 0 Å². The molecule has 2 heterocycles. The lowest BCUT2D eigenvalue weighted by atomic mass is 9.92. The van der Waals surface area contributed by atoms with Crippen LogP contribution in [0.4, 0.5) is 0 Å². The number of nitrogens with zero attached hydrogens (tertiary/aromatic N) is 1. The molecule has 1 atom stereocenters. The molecular weight excluding hydrogens is 264 g/mol. The van der Waals surface area contributed by atoms with Crippen LogP contribution in [0.2, 0.25) is 0 Å². The van der Waals surface area contributed by atoms with Crippen LogP contribution in [0.1, 0.15) is 5.56 Å². The maximum Gasteiger partial charge on any atom is 0.224 e. The molecule has 0 spiro atoms. The molecule has 1 unspecified atom stereocenters. The average Bonchev–Trinajstić information content (AvgIpc) is 3.10. The van der Waals surface area contributed by atoms with E-state index in [9.17, 15) is 0 Å². The fraction of sp³-hybridized carbons (Fsp3) is 0.235. The first-order valence-corrected chi connectivity index (χ1v) is 7.14. The van der Waals surface area contributed by atoms with Crippen LogP contribution in [0, 0.1) is 0 Å². The number of hydrogen-bond donors (Lipinski definition) is 1. The lowest BCUT2D eigenvalue weighted by molar-refractivity contribution is 0.0409. The molecule has 0 aromatic heterocycles. The van der Waals surface area contributed by atoms with Crippen LogP contribution in [0.15, 0.2) is 59.6 Å². The zero-order valence-corrected chi connectivity index (χ0v) is 11.6. The van der Waals surface area contributed by atoms with E-state index >= 15 is 0 Å². The predicted octanol–water partition coefficient (Wildman–Crippen LogP) is 2.36. The van der Waals surface area contributed by atoms with Crippen LogP contribution in [0.5, 0.6) is 11.5 Å².